The van der Waals surface area contributed by atoms with Gasteiger partial charge in [-0.15, -0.1) is 11.8 Å². The van der Waals surface area contributed by atoms with Crippen molar-refractivity contribution < 1.29 is 14.3 Å². The van der Waals surface area contributed by atoms with E-state index in [1.54, 1.807) is 25.6 Å². The van der Waals surface area contributed by atoms with Crippen LogP contribution in [0.1, 0.15) is 16.8 Å². The number of amides is 1. The van der Waals surface area contributed by atoms with Crippen molar-refractivity contribution in [1.29, 1.82) is 0 Å². The minimum atomic E-state index is 0.0711. The van der Waals surface area contributed by atoms with Crippen molar-refractivity contribution >= 4 is 17.7 Å². The highest BCUT2D eigenvalue weighted by Gasteiger charge is 2.51. The van der Waals surface area contributed by atoms with Crippen LogP contribution in [-0.4, -0.2) is 52.6 Å². The fourth-order valence-electron chi connectivity index (χ4n) is 3.44. The summed E-state index contributed by atoms with van der Waals surface area (Å²) >= 11 is 1.92. The largest absolute Gasteiger partial charge is 0.497 e. The molecule has 1 aromatic carbocycles. The number of hydrogen-bond donors (Lipinski definition) is 0. The predicted octanol–water partition coefficient (Wildman–Crippen LogP) is 2.87. The smallest absolute Gasteiger partial charge is 0.254 e. The molecule has 2 saturated heterocycles. The van der Waals surface area contributed by atoms with Crippen molar-refractivity contribution in [2.75, 3.05) is 26.0 Å². The summed E-state index contributed by atoms with van der Waals surface area (Å²) < 4.78 is 11.4. The molecule has 2 aromatic rings. The molecule has 2 fully saturated rings. The van der Waals surface area contributed by atoms with E-state index >= 15 is 0 Å². The van der Waals surface area contributed by atoms with Crippen molar-refractivity contribution in [3.05, 3.63) is 54.4 Å². The van der Waals surface area contributed by atoms with Gasteiger partial charge in [0.05, 0.1) is 18.1 Å². The number of thioether (sulfide) groups is 1. The molecule has 5 nitrogen and oxygen atoms in total. The Hall–Kier alpha value is -2.21. The summed E-state index contributed by atoms with van der Waals surface area (Å²) in [5.74, 6) is 2.55. The summed E-state index contributed by atoms with van der Waals surface area (Å²) in [6.45, 7) is 1.56. The van der Waals surface area contributed by atoms with Crippen LogP contribution in [0.3, 0.4) is 0 Å². The molecule has 0 aliphatic carbocycles. The van der Waals surface area contributed by atoms with E-state index in [1.807, 2.05) is 47.0 Å². The third kappa shape index (κ3) is 3.31. The molecule has 0 bridgehead atoms. The highest BCUT2D eigenvalue weighted by molar-refractivity contribution is 8.01. The van der Waals surface area contributed by atoms with Gasteiger partial charge in [0.15, 0.2) is 0 Å². The molecule has 2 aliphatic rings. The maximum Gasteiger partial charge on any atom is 0.254 e. The fourth-order valence-corrected chi connectivity index (χ4v) is 4.96. The van der Waals surface area contributed by atoms with E-state index in [2.05, 4.69) is 4.98 Å². The molecule has 6 heteroatoms. The van der Waals surface area contributed by atoms with Crippen LogP contribution in [0.25, 0.3) is 0 Å². The average molecular weight is 356 g/mol. The van der Waals surface area contributed by atoms with Crippen molar-refractivity contribution in [3.63, 3.8) is 0 Å². The monoisotopic (exact) mass is 356 g/mol. The van der Waals surface area contributed by atoms with Crippen molar-refractivity contribution in [2.24, 2.45) is 0 Å². The molecule has 3 heterocycles. The lowest BCUT2D eigenvalue weighted by Crippen LogP contribution is -2.60. The topological polar surface area (TPSA) is 51.7 Å². The van der Waals surface area contributed by atoms with E-state index in [4.69, 9.17) is 9.47 Å². The highest BCUT2D eigenvalue weighted by Crippen LogP contribution is 2.46. The number of pyridine rings is 1. The van der Waals surface area contributed by atoms with E-state index in [0.29, 0.717) is 11.3 Å². The van der Waals surface area contributed by atoms with Gasteiger partial charge in [-0.05, 0) is 30.3 Å². The van der Waals surface area contributed by atoms with Gasteiger partial charge in [0.25, 0.3) is 5.91 Å². The lowest BCUT2D eigenvalue weighted by molar-refractivity contribution is 0.0517. The number of nitrogens with zero attached hydrogens (tertiary/aromatic N) is 2. The number of hydrogen-bond acceptors (Lipinski definition) is 5. The van der Waals surface area contributed by atoms with E-state index in [-0.39, 0.29) is 16.8 Å². The SMILES string of the molecule is COc1cccc(C(=O)N2CC3(CC(Oc4cccnc4)CS3)C2)c1. The second-order valence-corrected chi connectivity index (χ2v) is 8.01. The third-order valence-corrected chi connectivity index (χ3v) is 6.25. The zero-order chi connectivity index (χ0) is 17.3. The van der Waals surface area contributed by atoms with Gasteiger partial charge in [-0.3, -0.25) is 9.78 Å². The molecule has 0 saturated carbocycles. The number of carbonyl (C=O) groups is 1. The first kappa shape index (κ1) is 16.3. The quantitative estimate of drug-likeness (QED) is 0.843. The normalized spacial score (nSPS) is 21.0. The van der Waals surface area contributed by atoms with Crippen molar-refractivity contribution in [1.82, 2.24) is 9.88 Å². The molecule has 0 radical (unpaired) electrons. The minimum Gasteiger partial charge on any atom is -0.497 e. The van der Waals surface area contributed by atoms with Gasteiger partial charge >= 0.3 is 0 Å². The molecule has 2 aliphatic heterocycles. The van der Waals surface area contributed by atoms with Gasteiger partial charge in [0.1, 0.15) is 17.6 Å². The lowest BCUT2D eigenvalue weighted by atomic mass is 9.92. The van der Waals surface area contributed by atoms with Gasteiger partial charge in [-0.2, -0.15) is 0 Å². The summed E-state index contributed by atoms with van der Waals surface area (Å²) in [5, 5.41) is 0. The van der Waals surface area contributed by atoms with Gasteiger partial charge in [-0.1, -0.05) is 6.07 Å². The van der Waals surface area contributed by atoms with Gasteiger partial charge in [-0.25, -0.2) is 0 Å². The molecule has 1 atom stereocenters. The Labute approximate surface area is 151 Å². The molecule has 130 valence electrons. The number of methoxy groups -OCH3 is 1. The van der Waals surface area contributed by atoms with E-state index in [9.17, 15) is 4.79 Å². The van der Waals surface area contributed by atoms with Crippen molar-refractivity contribution in [3.8, 4) is 11.5 Å². The number of likely N-dealkylation sites (tertiary alicyclic amines) is 1. The second kappa shape index (κ2) is 6.59. The van der Waals surface area contributed by atoms with Crippen LogP contribution in [0.15, 0.2) is 48.8 Å². The Kier molecular flexibility index (Phi) is 4.29. The molecule has 1 unspecified atom stereocenters. The summed E-state index contributed by atoms with van der Waals surface area (Å²) in [4.78, 5) is 18.6. The van der Waals surface area contributed by atoms with E-state index < -0.39 is 0 Å². The van der Waals surface area contributed by atoms with Crippen LogP contribution in [-0.2, 0) is 0 Å². The fraction of sp³-hybridized carbons (Fsp3) is 0.368. The van der Waals surface area contributed by atoms with Crippen LogP contribution in [0.2, 0.25) is 0 Å². The van der Waals surface area contributed by atoms with Gasteiger partial charge in [0, 0.05) is 37.0 Å². The van der Waals surface area contributed by atoms with E-state index in [0.717, 1.165) is 31.0 Å². The Balaban J connectivity index is 1.34. The Morgan fingerprint density at radius 3 is 2.88 bits per heavy atom. The zero-order valence-corrected chi connectivity index (χ0v) is 14.9. The van der Waals surface area contributed by atoms with Crippen LogP contribution in [0.4, 0.5) is 0 Å². The van der Waals surface area contributed by atoms with Crippen LogP contribution in [0, 0.1) is 0 Å². The zero-order valence-electron chi connectivity index (χ0n) is 14.1. The van der Waals surface area contributed by atoms with E-state index in [1.165, 1.54) is 0 Å². The average Bonchev–Trinajstić information content (AvgIpc) is 3.05. The third-order valence-electron chi connectivity index (χ3n) is 4.67. The molecule has 1 aromatic heterocycles. The Bertz CT molecular complexity index is 762. The standard InChI is InChI=1S/C19H20N2O3S/c1-23-15-5-2-4-14(8-15)18(22)21-12-19(13-21)9-17(11-25-19)24-16-6-3-7-20-10-16/h2-8,10,17H,9,11-13H2,1H3. The van der Waals surface area contributed by atoms with Gasteiger partial charge in [0.2, 0.25) is 0 Å². The summed E-state index contributed by atoms with van der Waals surface area (Å²) in [6.07, 6.45) is 4.64. The number of ether oxygens (including phenoxy) is 2. The molecule has 4 rings (SSSR count). The van der Waals surface area contributed by atoms with Crippen LogP contribution < -0.4 is 9.47 Å². The molecule has 1 spiro atoms. The number of rotatable bonds is 4. The lowest BCUT2D eigenvalue weighted by Gasteiger charge is -2.47. The van der Waals surface area contributed by atoms with Crippen LogP contribution in [0.5, 0.6) is 11.5 Å². The molecular formula is C19H20N2O3S. The first-order chi connectivity index (χ1) is 12.2. The predicted molar refractivity (Wildman–Crippen MR) is 97.4 cm³/mol. The summed E-state index contributed by atoms with van der Waals surface area (Å²) in [5.41, 5.74) is 0.681. The highest BCUT2D eigenvalue weighted by atomic mass is 32.2. The Morgan fingerprint density at radius 2 is 2.12 bits per heavy atom. The van der Waals surface area contributed by atoms with Crippen molar-refractivity contribution in [2.45, 2.75) is 17.3 Å². The minimum absolute atomic E-state index is 0.0711. The maximum atomic E-state index is 12.6. The van der Waals surface area contributed by atoms with Gasteiger partial charge < -0.3 is 14.4 Å². The second-order valence-electron chi connectivity index (χ2n) is 6.52. The maximum absolute atomic E-state index is 12.6. The molecule has 25 heavy (non-hydrogen) atoms. The summed E-state index contributed by atoms with van der Waals surface area (Å²) in [7, 11) is 1.61. The number of carbonyl (C=O) groups excluding carboxylic acids is 1. The Morgan fingerprint density at radius 1 is 1.28 bits per heavy atom. The number of benzene rings is 1. The van der Waals surface area contributed by atoms with Crippen LogP contribution >= 0.6 is 11.8 Å². The first-order valence-corrected chi connectivity index (χ1v) is 9.30. The molecule has 0 N–H and O–H groups in total. The molecule has 1 amide bonds. The molecular weight excluding hydrogens is 336 g/mol. The number of aromatic nitrogens is 1. The summed E-state index contributed by atoms with van der Waals surface area (Å²) in [6, 6.07) is 11.1. The first-order valence-electron chi connectivity index (χ1n) is 8.31.